The molecule has 0 heterocycles. The van der Waals surface area contributed by atoms with E-state index in [9.17, 15) is 18.0 Å². The van der Waals surface area contributed by atoms with Gasteiger partial charge in [-0.1, -0.05) is 49.4 Å². The summed E-state index contributed by atoms with van der Waals surface area (Å²) in [5, 5.41) is 2.81. The van der Waals surface area contributed by atoms with Crippen LogP contribution in [0.3, 0.4) is 0 Å². The van der Waals surface area contributed by atoms with Crippen molar-refractivity contribution < 1.29 is 22.7 Å². The van der Waals surface area contributed by atoms with Crippen molar-refractivity contribution in [3.8, 4) is 5.75 Å². The van der Waals surface area contributed by atoms with E-state index in [4.69, 9.17) is 4.74 Å². The Hall–Kier alpha value is -3.85. The van der Waals surface area contributed by atoms with Crippen LogP contribution in [-0.2, 0) is 26.2 Å². The molecule has 0 aliphatic rings. The predicted molar refractivity (Wildman–Crippen MR) is 148 cm³/mol. The molecule has 3 aromatic rings. The van der Waals surface area contributed by atoms with E-state index in [1.807, 2.05) is 45.0 Å². The first kappa shape index (κ1) is 28.7. The number of sulfonamides is 1. The van der Waals surface area contributed by atoms with Crippen LogP contribution in [0.15, 0.2) is 83.8 Å². The van der Waals surface area contributed by atoms with E-state index in [1.165, 1.54) is 24.1 Å². The number of benzene rings is 3. The molecule has 8 nitrogen and oxygen atoms in total. The van der Waals surface area contributed by atoms with Crippen molar-refractivity contribution in [2.75, 3.05) is 24.5 Å². The molecule has 0 bridgehead atoms. The lowest BCUT2D eigenvalue weighted by molar-refractivity contribution is -0.140. The first-order chi connectivity index (χ1) is 18.2. The maximum absolute atomic E-state index is 13.9. The third-order valence-corrected chi connectivity index (χ3v) is 8.10. The number of nitrogens with one attached hydrogen (secondary N) is 1. The van der Waals surface area contributed by atoms with Gasteiger partial charge in [-0.15, -0.1) is 0 Å². The fourth-order valence-corrected chi connectivity index (χ4v) is 5.59. The molecule has 0 unspecified atom stereocenters. The van der Waals surface area contributed by atoms with E-state index in [0.717, 1.165) is 15.4 Å². The van der Waals surface area contributed by atoms with Crippen LogP contribution in [0, 0.1) is 6.92 Å². The molecule has 3 rings (SSSR count). The smallest absolute Gasteiger partial charge is 0.264 e. The second-order valence-corrected chi connectivity index (χ2v) is 10.7. The molecule has 0 aliphatic carbocycles. The van der Waals surface area contributed by atoms with E-state index >= 15 is 0 Å². The Morgan fingerprint density at radius 3 is 2.13 bits per heavy atom. The molecule has 0 spiro atoms. The molecule has 1 atom stereocenters. The Labute approximate surface area is 225 Å². The Kier molecular flexibility index (Phi) is 9.90. The van der Waals surface area contributed by atoms with E-state index < -0.39 is 28.5 Å². The molecule has 0 radical (unpaired) electrons. The first-order valence-corrected chi connectivity index (χ1v) is 14.0. The van der Waals surface area contributed by atoms with Crippen LogP contribution < -0.4 is 14.4 Å². The SMILES string of the molecule is CCNC(=O)[C@H](CC)N(Cc1ccccc1C)C(=O)CN(c1ccccc1)S(=O)(=O)c1ccc(OC)cc1. The lowest BCUT2D eigenvalue weighted by atomic mass is 10.1. The number of para-hydroxylation sites is 1. The molecule has 0 aliphatic heterocycles. The highest BCUT2D eigenvalue weighted by molar-refractivity contribution is 7.92. The van der Waals surface area contributed by atoms with Gasteiger partial charge in [-0.3, -0.25) is 13.9 Å². The number of hydrogen-bond acceptors (Lipinski definition) is 5. The lowest BCUT2D eigenvalue weighted by Crippen LogP contribution is -2.52. The van der Waals surface area contributed by atoms with Crippen molar-refractivity contribution in [2.45, 2.75) is 44.7 Å². The molecule has 2 amide bonds. The minimum Gasteiger partial charge on any atom is -0.497 e. The molecule has 1 N–H and O–H groups in total. The molecule has 3 aromatic carbocycles. The van der Waals surface area contributed by atoms with Crippen molar-refractivity contribution in [1.29, 1.82) is 0 Å². The average Bonchev–Trinajstić information content (AvgIpc) is 2.93. The third-order valence-electron chi connectivity index (χ3n) is 6.31. The van der Waals surface area contributed by atoms with Gasteiger partial charge in [-0.05, 0) is 67.8 Å². The average molecular weight is 538 g/mol. The number of ether oxygens (including phenoxy) is 1. The number of amides is 2. The number of hydrogen-bond donors (Lipinski definition) is 1. The van der Waals surface area contributed by atoms with Gasteiger partial charge in [-0.2, -0.15) is 0 Å². The zero-order valence-corrected chi connectivity index (χ0v) is 23.1. The van der Waals surface area contributed by atoms with Crippen LogP contribution in [0.2, 0.25) is 0 Å². The third kappa shape index (κ3) is 6.72. The summed E-state index contributed by atoms with van der Waals surface area (Å²) in [4.78, 5) is 28.4. The van der Waals surface area contributed by atoms with E-state index in [0.29, 0.717) is 24.4 Å². The fraction of sp³-hybridized carbons (Fsp3) is 0.310. The van der Waals surface area contributed by atoms with Gasteiger partial charge in [0.1, 0.15) is 18.3 Å². The van der Waals surface area contributed by atoms with Crippen LogP contribution in [0.4, 0.5) is 5.69 Å². The molecular weight excluding hydrogens is 502 g/mol. The maximum atomic E-state index is 13.9. The normalized spacial score (nSPS) is 11.9. The summed E-state index contributed by atoms with van der Waals surface area (Å²) in [6.45, 7) is 5.71. The molecule has 202 valence electrons. The number of methoxy groups -OCH3 is 1. The van der Waals surface area contributed by atoms with Gasteiger partial charge in [-0.25, -0.2) is 8.42 Å². The molecule has 0 saturated heterocycles. The van der Waals surface area contributed by atoms with Crippen molar-refractivity contribution in [2.24, 2.45) is 0 Å². The number of anilines is 1. The topological polar surface area (TPSA) is 96.0 Å². The first-order valence-electron chi connectivity index (χ1n) is 12.6. The standard InChI is InChI=1S/C29H35N3O5S/c1-5-27(29(34)30-6-2)31(20-23-13-11-10-12-22(23)3)28(33)21-32(24-14-8-7-9-15-24)38(35,36)26-18-16-25(37-4)17-19-26/h7-19,27H,5-6,20-21H2,1-4H3,(H,30,34)/t27-/m0/s1. The largest absolute Gasteiger partial charge is 0.497 e. The number of rotatable bonds is 12. The Morgan fingerprint density at radius 1 is 0.921 bits per heavy atom. The van der Waals surface area contributed by atoms with Gasteiger partial charge in [0.2, 0.25) is 11.8 Å². The summed E-state index contributed by atoms with van der Waals surface area (Å²) in [5.74, 6) is -0.239. The summed E-state index contributed by atoms with van der Waals surface area (Å²) in [6, 6.07) is 21.4. The Balaban J connectivity index is 2.04. The second kappa shape index (κ2) is 13.1. The molecular formula is C29H35N3O5S. The molecule has 0 fully saturated rings. The van der Waals surface area contributed by atoms with E-state index in [1.54, 1.807) is 42.5 Å². The van der Waals surface area contributed by atoms with Gasteiger partial charge >= 0.3 is 0 Å². The van der Waals surface area contributed by atoms with Gasteiger partial charge in [0.25, 0.3) is 10.0 Å². The minimum atomic E-state index is -4.12. The van der Waals surface area contributed by atoms with Gasteiger partial charge in [0.05, 0.1) is 17.7 Å². The quantitative estimate of drug-likeness (QED) is 0.375. The monoisotopic (exact) mass is 537 g/mol. The highest BCUT2D eigenvalue weighted by Gasteiger charge is 2.33. The van der Waals surface area contributed by atoms with Crippen LogP contribution in [-0.4, -0.2) is 51.4 Å². The Morgan fingerprint density at radius 2 is 1.55 bits per heavy atom. The van der Waals surface area contributed by atoms with Crippen molar-refractivity contribution in [3.63, 3.8) is 0 Å². The van der Waals surface area contributed by atoms with Crippen LogP contribution in [0.25, 0.3) is 0 Å². The van der Waals surface area contributed by atoms with Gasteiger partial charge in [0.15, 0.2) is 0 Å². The number of aryl methyl sites for hydroxylation is 1. The molecule has 0 saturated carbocycles. The summed E-state index contributed by atoms with van der Waals surface area (Å²) in [7, 11) is -2.62. The summed E-state index contributed by atoms with van der Waals surface area (Å²) >= 11 is 0. The number of carbonyl (C=O) groups excluding carboxylic acids is 2. The predicted octanol–water partition coefficient (Wildman–Crippen LogP) is 4.14. The van der Waals surface area contributed by atoms with Crippen molar-refractivity contribution >= 4 is 27.5 Å². The summed E-state index contributed by atoms with van der Waals surface area (Å²) in [5.41, 5.74) is 2.20. The zero-order valence-electron chi connectivity index (χ0n) is 22.3. The fourth-order valence-electron chi connectivity index (χ4n) is 4.18. The summed E-state index contributed by atoms with van der Waals surface area (Å²) in [6.07, 6.45) is 0.375. The van der Waals surface area contributed by atoms with Crippen molar-refractivity contribution in [3.05, 3.63) is 90.0 Å². The Bertz CT molecular complexity index is 1330. The minimum absolute atomic E-state index is 0.0242. The maximum Gasteiger partial charge on any atom is 0.264 e. The number of carbonyl (C=O) groups is 2. The van der Waals surface area contributed by atoms with Gasteiger partial charge < -0.3 is 15.0 Å². The molecule has 38 heavy (non-hydrogen) atoms. The van der Waals surface area contributed by atoms with Crippen molar-refractivity contribution in [1.82, 2.24) is 10.2 Å². The highest BCUT2D eigenvalue weighted by Crippen LogP contribution is 2.26. The van der Waals surface area contributed by atoms with Crippen LogP contribution >= 0.6 is 0 Å². The lowest BCUT2D eigenvalue weighted by Gasteiger charge is -2.33. The van der Waals surface area contributed by atoms with E-state index in [2.05, 4.69) is 5.32 Å². The number of likely N-dealkylation sites (N-methyl/N-ethyl adjacent to an activating group) is 1. The number of nitrogens with zero attached hydrogens (tertiary/aromatic N) is 2. The van der Waals surface area contributed by atoms with Crippen LogP contribution in [0.5, 0.6) is 5.75 Å². The highest BCUT2D eigenvalue weighted by atomic mass is 32.2. The van der Waals surface area contributed by atoms with Gasteiger partial charge in [0, 0.05) is 13.1 Å². The zero-order chi connectivity index (χ0) is 27.7. The second-order valence-electron chi connectivity index (χ2n) is 8.79. The van der Waals surface area contributed by atoms with Crippen LogP contribution in [0.1, 0.15) is 31.4 Å². The molecule has 9 heteroatoms. The summed E-state index contributed by atoms with van der Waals surface area (Å²) < 4.78 is 33.9. The van der Waals surface area contributed by atoms with E-state index in [-0.39, 0.29) is 17.3 Å². The molecule has 0 aromatic heterocycles.